The van der Waals surface area contributed by atoms with Crippen LogP contribution in [-0.2, 0) is 38.8 Å². The van der Waals surface area contributed by atoms with Gasteiger partial charge in [-0.15, -0.1) is 0 Å². The molecule has 3 heterocycles. The predicted octanol–water partition coefficient (Wildman–Crippen LogP) is 4.64. The average Bonchev–Trinajstić information content (AvgIpc) is 3.57. The minimum atomic E-state index is -0.705. The standard InChI is InChI=1S/C32H30N2O7/c35-31-29-26(33-32(36)34-31)24(19-40-29)27-30(39-18-23-14-8-3-9-15-23)28(38-17-22-12-6-2-7-13-22)25(41-27)20-37-16-21-10-4-1-5-11-21/h1-15,19,25,27-28,30H,16-18,20H2,(H2,33,34,35,36)/t25-,27+,28-,30+/m1/s1. The van der Waals surface area contributed by atoms with E-state index in [1.165, 1.54) is 6.26 Å². The van der Waals surface area contributed by atoms with E-state index in [0.717, 1.165) is 16.7 Å². The third-order valence-corrected chi connectivity index (χ3v) is 7.07. The van der Waals surface area contributed by atoms with Crippen LogP contribution in [-0.4, -0.2) is 34.9 Å². The summed E-state index contributed by atoms with van der Waals surface area (Å²) in [7, 11) is 0. The number of aromatic nitrogens is 2. The van der Waals surface area contributed by atoms with E-state index in [9.17, 15) is 9.59 Å². The lowest BCUT2D eigenvalue weighted by molar-refractivity contribution is -0.0898. The maximum atomic E-state index is 12.4. The van der Waals surface area contributed by atoms with Crippen molar-refractivity contribution in [3.05, 3.63) is 140 Å². The summed E-state index contributed by atoms with van der Waals surface area (Å²) in [5.74, 6) is 0. The molecule has 0 radical (unpaired) electrons. The zero-order chi connectivity index (χ0) is 28.0. The van der Waals surface area contributed by atoms with Crippen LogP contribution >= 0.6 is 0 Å². The van der Waals surface area contributed by atoms with Crippen LogP contribution in [0.2, 0.25) is 0 Å². The highest BCUT2D eigenvalue weighted by Crippen LogP contribution is 2.40. The average molecular weight is 555 g/mol. The van der Waals surface area contributed by atoms with Crippen molar-refractivity contribution in [2.24, 2.45) is 0 Å². The lowest BCUT2D eigenvalue weighted by Crippen LogP contribution is -2.37. The SMILES string of the molecule is O=c1[nH]c(=O)c2occ([C@@H]3O[C@H](COCc4ccccc4)[C@@H](OCc4ccccc4)[C@H]3OCc3ccccc3)c2[nH]1. The first-order chi connectivity index (χ1) is 20.2. The van der Waals surface area contributed by atoms with Crippen molar-refractivity contribution in [2.75, 3.05) is 6.61 Å². The summed E-state index contributed by atoms with van der Waals surface area (Å²) in [6.45, 7) is 1.29. The number of hydrogen-bond donors (Lipinski definition) is 2. The molecule has 41 heavy (non-hydrogen) atoms. The van der Waals surface area contributed by atoms with Crippen LogP contribution in [0.15, 0.2) is 111 Å². The molecule has 9 nitrogen and oxygen atoms in total. The number of ether oxygens (including phenoxy) is 4. The second kappa shape index (κ2) is 12.5. The molecule has 3 aromatic carbocycles. The molecule has 4 atom stereocenters. The highest BCUT2D eigenvalue weighted by Gasteiger charge is 2.48. The Hall–Kier alpha value is -4.28. The fourth-order valence-electron chi connectivity index (χ4n) is 5.08. The first-order valence-corrected chi connectivity index (χ1v) is 13.5. The summed E-state index contributed by atoms with van der Waals surface area (Å²) in [6.07, 6.45) is -0.914. The topological polar surface area (TPSA) is 116 Å². The molecular weight excluding hydrogens is 524 g/mol. The molecule has 6 rings (SSSR count). The molecule has 0 bridgehead atoms. The summed E-state index contributed by atoms with van der Waals surface area (Å²) in [4.78, 5) is 29.4. The fourth-order valence-corrected chi connectivity index (χ4v) is 5.08. The van der Waals surface area contributed by atoms with Crippen molar-refractivity contribution in [1.82, 2.24) is 9.97 Å². The van der Waals surface area contributed by atoms with Gasteiger partial charge in [-0.2, -0.15) is 0 Å². The minimum Gasteiger partial charge on any atom is -0.456 e. The molecule has 1 aliphatic heterocycles. The molecule has 1 saturated heterocycles. The maximum Gasteiger partial charge on any atom is 0.326 e. The molecule has 0 saturated carbocycles. The molecule has 9 heteroatoms. The maximum absolute atomic E-state index is 12.4. The number of rotatable bonds is 11. The Kier molecular flexibility index (Phi) is 8.20. The van der Waals surface area contributed by atoms with Gasteiger partial charge < -0.3 is 28.3 Å². The quantitative estimate of drug-likeness (QED) is 0.244. The number of benzene rings is 3. The highest BCUT2D eigenvalue weighted by molar-refractivity contribution is 5.75. The van der Waals surface area contributed by atoms with E-state index in [1.807, 2.05) is 91.0 Å². The van der Waals surface area contributed by atoms with E-state index in [1.54, 1.807) is 0 Å². The second-order valence-corrected chi connectivity index (χ2v) is 9.92. The van der Waals surface area contributed by atoms with E-state index in [2.05, 4.69) is 9.97 Å². The van der Waals surface area contributed by atoms with Gasteiger partial charge in [0.2, 0.25) is 5.58 Å². The molecule has 210 valence electrons. The van der Waals surface area contributed by atoms with E-state index in [-0.39, 0.29) is 17.7 Å². The van der Waals surface area contributed by atoms with Crippen LogP contribution < -0.4 is 11.2 Å². The van der Waals surface area contributed by atoms with E-state index in [0.29, 0.717) is 25.4 Å². The zero-order valence-corrected chi connectivity index (χ0v) is 22.2. The number of aromatic amines is 2. The first-order valence-electron chi connectivity index (χ1n) is 13.5. The summed E-state index contributed by atoms with van der Waals surface area (Å²) in [5, 5.41) is 0. The third kappa shape index (κ3) is 6.23. The smallest absolute Gasteiger partial charge is 0.326 e. The molecular formula is C32H30N2O7. The normalized spacial score (nSPS) is 20.5. The monoisotopic (exact) mass is 554 g/mol. The molecule has 2 N–H and O–H groups in total. The number of H-pyrrole nitrogens is 2. The summed E-state index contributed by atoms with van der Waals surface area (Å²) in [6, 6.07) is 29.6. The molecule has 1 aliphatic rings. The van der Waals surface area contributed by atoms with Crippen LogP contribution in [0.25, 0.3) is 11.1 Å². The van der Waals surface area contributed by atoms with Crippen molar-refractivity contribution in [1.29, 1.82) is 0 Å². The minimum absolute atomic E-state index is 0.00976. The lowest BCUT2D eigenvalue weighted by atomic mass is 10.0. The van der Waals surface area contributed by atoms with Gasteiger partial charge in [0.1, 0.15) is 29.9 Å². The van der Waals surface area contributed by atoms with Crippen LogP contribution in [0.4, 0.5) is 0 Å². The van der Waals surface area contributed by atoms with E-state index in [4.69, 9.17) is 23.4 Å². The van der Waals surface area contributed by atoms with Gasteiger partial charge in [0.15, 0.2) is 0 Å². The van der Waals surface area contributed by atoms with Gasteiger partial charge in [-0.3, -0.25) is 9.78 Å². The number of nitrogens with one attached hydrogen (secondary N) is 2. The molecule has 5 aromatic rings. The van der Waals surface area contributed by atoms with Gasteiger partial charge in [-0.05, 0) is 16.7 Å². The molecule has 0 spiro atoms. The van der Waals surface area contributed by atoms with Crippen molar-refractivity contribution in [3.8, 4) is 0 Å². The molecule has 0 aliphatic carbocycles. The van der Waals surface area contributed by atoms with Crippen LogP contribution in [0.5, 0.6) is 0 Å². The first kappa shape index (κ1) is 26.9. The summed E-state index contributed by atoms with van der Waals surface area (Å²) in [5.41, 5.74) is 2.56. The summed E-state index contributed by atoms with van der Waals surface area (Å²) >= 11 is 0. The molecule has 0 unspecified atom stereocenters. The molecule has 2 aromatic heterocycles. The predicted molar refractivity (Wildman–Crippen MR) is 151 cm³/mol. The highest BCUT2D eigenvalue weighted by atomic mass is 16.6. The Balaban J connectivity index is 1.32. The van der Waals surface area contributed by atoms with Crippen molar-refractivity contribution < 1.29 is 23.4 Å². The van der Waals surface area contributed by atoms with Crippen molar-refractivity contribution in [3.63, 3.8) is 0 Å². The third-order valence-electron chi connectivity index (χ3n) is 7.07. The summed E-state index contributed by atoms with van der Waals surface area (Å²) < 4.78 is 31.2. The van der Waals surface area contributed by atoms with Gasteiger partial charge >= 0.3 is 5.69 Å². The Morgan fingerprint density at radius 3 is 1.85 bits per heavy atom. The number of hydrogen-bond acceptors (Lipinski definition) is 7. The van der Waals surface area contributed by atoms with Gasteiger partial charge in [0, 0.05) is 5.56 Å². The Labute approximate surface area is 235 Å². The van der Waals surface area contributed by atoms with Crippen LogP contribution in [0.1, 0.15) is 28.4 Å². The van der Waals surface area contributed by atoms with Crippen molar-refractivity contribution >= 4 is 11.1 Å². The zero-order valence-electron chi connectivity index (χ0n) is 22.2. The van der Waals surface area contributed by atoms with E-state index >= 15 is 0 Å². The van der Waals surface area contributed by atoms with Gasteiger partial charge in [0.05, 0.1) is 32.7 Å². The van der Waals surface area contributed by atoms with Gasteiger partial charge in [-0.25, -0.2) is 4.79 Å². The fraction of sp³-hybridized carbons (Fsp3) is 0.250. The van der Waals surface area contributed by atoms with Crippen LogP contribution in [0.3, 0.4) is 0 Å². The van der Waals surface area contributed by atoms with Gasteiger partial charge in [0.25, 0.3) is 5.56 Å². The van der Waals surface area contributed by atoms with E-state index < -0.39 is 35.7 Å². The molecule has 1 fully saturated rings. The Morgan fingerprint density at radius 2 is 1.24 bits per heavy atom. The largest absolute Gasteiger partial charge is 0.456 e. The van der Waals surface area contributed by atoms with Crippen molar-refractivity contribution in [2.45, 2.75) is 44.2 Å². The second-order valence-electron chi connectivity index (χ2n) is 9.92. The number of fused-ring (bicyclic) bond motifs is 1. The van der Waals surface area contributed by atoms with Crippen LogP contribution in [0, 0.1) is 0 Å². The molecule has 0 amide bonds. The Bertz CT molecular complexity index is 1660. The number of furan rings is 1. The van der Waals surface area contributed by atoms with Gasteiger partial charge in [-0.1, -0.05) is 91.0 Å². The Morgan fingerprint density at radius 1 is 0.683 bits per heavy atom. The lowest BCUT2D eigenvalue weighted by Gasteiger charge is -2.25.